The third kappa shape index (κ3) is 2.53. The van der Waals surface area contributed by atoms with E-state index in [0.717, 1.165) is 50.4 Å². The lowest BCUT2D eigenvalue weighted by Gasteiger charge is -2.31. The van der Waals surface area contributed by atoms with Crippen molar-refractivity contribution in [2.75, 3.05) is 31.1 Å². The van der Waals surface area contributed by atoms with E-state index >= 15 is 0 Å². The number of rotatable bonds is 2. The molecule has 0 saturated carbocycles. The van der Waals surface area contributed by atoms with Crippen LogP contribution in [0.4, 0.5) is 5.82 Å². The summed E-state index contributed by atoms with van der Waals surface area (Å²) in [4.78, 5) is 22.1. The third-order valence-electron chi connectivity index (χ3n) is 5.35. The highest BCUT2D eigenvalue weighted by molar-refractivity contribution is 5.62. The van der Waals surface area contributed by atoms with Crippen molar-refractivity contribution in [2.24, 2.45) is 0 Å². The van der Waals surface area contributed by atoms with Crippen molar-refractivity contribution in [3.63, 3.8) is 0 Å². The quantitative estimate of drug-likeness (QED) is 0.718. The number of piperidine rings is 1. The zero-order chi connectivity index (χ0) is 16.8. The number of hydrogen-bond acceptors (Lipinski definition) is 5. The molecule has 0 atom stereocenters. The van der Waals surface area contributed by atoms with Crippen molar-refractivity contribution >= 4 is 11.5 Å². The van der Waals surface area contributed by atoms with Gasteiger partial charge in [0.1, 0.15) is 5.82 Å². The Morgan fingerprint density at radius 1 is 1.00 bits per heavy atom. The van der Waals surface area contributed by atoms with Crippen LogP contribution in [-0.4, -0.2) is 46.7 Å². The minimum Gasteiger partial charge on any atom is -0.369 e. The Bertz CT molecular complexity index is 954. The second-order valence-electron chi connectivity index (χ2n) is 6.84. The van der Waals surface area contributed by atoms with Gasteiger partial charge in [-0.05, 0) is 12.8 Å². The molecule has 0 spiro atoms. The van der Waals surface area contributed by atoms with Crippen LogP contribution < -0.4 is 10.5 Å². The van der Waals surface area contributed by atoms with Crippen molar-refractivity contribution in [1.82, 2.24) is 14.5 Å². The summed E-state index contributed by atoms with van der Waals surface area (Å²) < 4.78 is 7.01. The van der Waals surface area contributed by atoms with E-state index in [-0.39, 0.29) is 5.56 Å². The molecule has 6 heteroatoms. The first-order valence-corrected chi connectivity index (χ1v) is 8.86. The van der Waals surface area contributed by atoms with E-state index in [1.807, 2.05) is 36.4 Å². The Hall–Kier alpha value is -2.60. The highest BCUT2D eigenvalue weighted by Gasteiger charge is 2.30. The molecule has 3 aromatic rings. The minimum atomic E-state index is -0.165. The van der Waals surface area contributed by atoms with Crippen LogP contribution in [0.1, 0.15) is 12.8 Å². The molecule has 2 aromatic heterocycles. The van der Waals surface area contributed by atoms with Crippen molar-refractivity contribution in [1.29, 1.82) is 0 Å². The third-order valence-corrected chi connectivity index (χ3v) is 5.35. The first-order chi connectivity index (χ1) is 12.3. The number of nitrogens with zero attached hydrogens (tertiary/aromatic N) is 4. The molecule has 6 rings (SSSR count). The Morgan fingerprint density at radius 3 is 2.60 bits per heavy atom. The first kappa shape index (κ1) is 14.7. The number of aromatic nitrogens is 2. The molecule has 0 aliphatic carbocycles. The van der Waals surface area contributed by atoms with Gasteiger partial charge in [-0.1, -0.05) is 30.3 Å². The monoisotopic (exact) mass is 336 g/mol. The predicted molar refractivity (Wildman–Crippen MR) is 96.0 cm³/mol. The van der Waals surface area contributed by atoms with Crippen molar-refractivity contribution in [3.05, 3.63) is 52.8 Å². The highest BCUT2D eigenvalue weighted by Crippen LogP contribution is 2.26. The highest BCUT2D eigenvalue weighted by atomic mass is 16.5. The Kier molecular flexibility index (Phi) is 3.38. The van der Waals surface area contributed by atoms with Crippen LogP contribution in [0.15, 0.2) is 51.8 Å². The SMILES string of the molecule is O=c1cc(N2CCN3CCC2CC3)nc2cc(-c3ccccc3)on12. The summed E-state index contributed by atoms with van der Waals surface area (Å²) >= 11 is 0. The maximum atomic E-state index is 12.6. The molecule has 2 bridgehead atoms. The Balaban J connectivity index is 1.58. The fraction of sp³-hybridized carbons (Fsp3) is 0.368. The summed E-state index contributed by atoms with van der Waals surface area (Å²) in [5.41, 5.74) is 1.34. The standard InChI is InChI=1S/C19H20N4O2/c24-19-13-17(22-11-10-21-8-6-15(22)7-9-21)20-18-12-16(25-23(18)19)14-4-2-1-3-5-14/h1-5,12-13,15H,6-11H2. The van der Waals surface area contributed by atoms with Gasteiger partial charge in [0.2, 0.25) is 0 Å². The van der Waals surface area contributed by atoms with E-state index in [1.165, 1.54) is 4.57 Å². The molecule has 5 heterocycles. The average Bonchev–Trinajstić information content (AvgIpc) is 2.86. The van der Waals surface area contributed by atoms with Gasteiger partial charge in [0.15, 0.2) is 11.4 Å². The van der Waals surface area contributed by atoms with Crippen LogP contribution in [0.2, 0.25) is 0 Å². The smallest absolute Gasteiger partial charge is 0.289 e. The molecule has 0 unspecified atom stereocenters. The summed E-state index contributed by atoms with van der Waals surface area (Å²) in [5, 5.41) is 0. The van der Waals surface area contributed by atoms with Gasteiger partial charge in [-0.3, -0.25) is 4.79 Å². The van der Waals surface area contributed by atoms with Gasteiger partial charge in [-0.15, -0.1) is 4.57 Å². The average molecular weight is 336 g/mol. The van der Waals surface area contributed by atoms with Crippen LogP contribution in [0.25, 0.3) is 17.0 Å². The van der Waals surface area contributed by atoms with Gasteiger partial charge in [0.05, 0.1) is 0 Å². The fourth-order valence-electron chi connectivity index (χ4n) is 3.98. The van der Waals surface area contributed by atoms with Crippen LogP contribution in [0.3, 0.4) is 0 Å². The molecule has 3 saturated heterocycles. The number of benzene rings is 1. The van der Waals surface area contributed by atoms with Crippen LogP contribution in [0, 0.1) is 0 Å². The largest absolute Gasteiger partial charge is 0.369 e. The van der Waals surface area contributed by atoms with Gasteiger partial charge in [0, 0.05) is 49.9 Å². The second kappa shape index (κ2) is 5.74. The summed E-state index contributed by atoms with van der Waals surface area (Å²) in [5.74, 6) is 1.43. The first-order valence-electron chi connectivity index (χ1n) is 8.86. The maximum Gasteiger partial charge on any atom is 0.289 e. The van der Waals surface area contributed by atoms with Gasteiger partial charge in [0.25, 0.3) is 5.56 Å². The number of hydrogen-bond donors (Lipinski definition) is 0. The van der Waals surface area contributed by atoms with E-state index in [2.05, 4.69) is 9.80 Å². The van der Waals surface area contributed by atoms with Gasteiger partial charge < -0.3 is 14.3 Å². The molecule has 3 aliphatic heterocycles. The summed E-state index contributed by atoms with van der Waals surface area (Å²) in [6.45, 7) is 4.26. The Labute approximate surface area is 145 Å². The zero-order valence-corrected chi connectivity index (χ0v) is 14.0. The summed E-state index contributed by atoms with van der Waals surface area (Å²) in [6, 6.07) is 13.7. The van der Waals surface area contributed by atoms with E-state index in [0.29, 0.717) is 17.4 Å². The number of anilines is 1. The molecule has 3 aliphatic rings. The molecule has 25 heavy (non-hydrogen) atoms. The van der Waals surface area contributed by atoms with E-state index < -0.39 is 0 Å². The molecular formula is C19H20N4O2. The lowest BCUT2D eigenvalue weighted by molar-refractivity contribution is 0.250. The molecule has 1 aromatic carbocycles. The lowest BCUT2D eigenvalue weighted by atomic mass is 10.1. The molecule has 3 fully saturated rings. The Morgan fingerprint density at radius 2 is 1.80 bits per heavy atom. The van der Waals surface area contributed by atoms with Gasteiger partial charge in [-0.25, -0.2) is 4.98 Å². The maximum absolute atomic E-state index is 12.6. The van der Waals surface area contributed by atoms with Crippen molar-refractivity contribution < 1.29 is 4.52 Å². The summed E-state index contributed by atoms with van der Waals surface area (Å²) in [6.07, 6.45) is 2.28. The molecule has 6 nitrogen and oxygen atoms in total. The lowest BCUT2D eigenvalue weighted by Crippen LogP contribution is -2.38. The number of fused-ring (bicyclic) bond motifs is 5. The molecule has 0 amide bonds. The van der Waals surface area contributed by atoms with Gasteiger partial charge >= 0.3 is 0 Å². The molecule has 0 radical (unpaired) electrons. The van der Waals surface area contributed by atoms with Crippen LogP contribution in [0.5, 0.6) is 0 Å². The predicted octanol–water partition coefficient (Wildman–Crippen LogP) is 2.24. The normalized spacial score (nSPS) is 23.1. The summed E-state index contributed by atoms with van der Waals surface area (Å²) in [7, 11) is 0. The molecule has 0 N–H and O–H groups in total. The molecule has 128 valence electrons. The van der Waals surface area contributed by atoms with Crippen molar-refractivity contribution in [3.8, 4) is 11.3 Å². The van der Waals surface area contributed by atoms with E-state index in [9.17, 15) is 4.79 Å². The minimum absolute atomic E-state index is 0.165. The topological polar surface area (TPSA) is 54.0 Å². The van der Waals surface area contributed by atoms with Crippen molar-refractivity contribution in [2.45, 2.75) is 18.9 Å². The van der Waals surface area contributed by atoms with E-state index in [4.69, 9.17) is 9.51 Å². The fourth-order valence-corrected chi connectivity index (χ4v) is 3.98. The van der Waals surface area contributed by atoms with E-state index in [1.54, 1.807) is 6.07 Å². The van der Waals surface area contributed by atoms with Crippen LogP contribution in [-0.2, 0) is 0 Å². The van der Waals surface area contributed by atoms with Gasteiger partial charge in [-0.2, -0.15) is 0 Å². The zero-order valence-electron chi connectivity index (χ0n) is 14.0. The second-order valence-corrected chi connectivity index (χ2v) is 6.84. The molecular weight excluding hydrogens is 316 g/mol. The van der Waals surface area contributed by atoms with Crippen LogP contribution >= 0.6 is 0 Å².